The van der Waals surface area contributed by atoms with Crippen LogP contribution in [0.25, 0.3) is 10.2 Å². The number of amides is 2. The highest BCUT2D eigenvalue weighted by molar-refractivity contribution is 7.20. The molecule has 2 amide bonds. The second-order valence-electron chi connectivity index (χ2n) is 6.09. The summed E-state index contributed by atoms with van der Waals surface area (Å²) in [5.41, 5.74) is 7.20. The lowest BCUT2D eigenvalue weighted by atomic mass is 10.2. The number of nitrogens with two attached hydrogens (primary N) is 1. The number of nitrogens with one attached hydrogen (secondary N) is 1. The SMILES string of the molecule is Cc1ccc(NC(=O)[C@H](C)n2cnc3sc(C(N)=O)c(C)c3c2=O)cc1. The zero-order valence-corrected chi connectivity index (χ0v) is 15.4. The molecule has 0 aliphatic rings. The van der Waals surface area contributed by atoms with Crippen molar-refractivity contribution in [2.75, 3.05) is 5.32 Å². The number of nitrogens with zero attached hydrogens (tertiary/aromatic N) is 2. The number of hydrogen-bond acceptors (Lipinski definition) is 5. The first-order valence-electron chi connectivity index (χ1n) is 7.97. The Kier molecular flexibility index (Phi) is 4.60. The van der Waals surface area contributed by atoms with Gasteiger partial charge in [-0.15, -0.1) is 11.3 Å². The minimum Gasteiger partial charge on any atom is -0.365 e. The van der Waals surface area contributed by atoms with E-state index in [2.05, 4.69) is 10.3 Å². The Morgan fingerprint density at radius 2 is 1.88 bits per heavy atom. The Balaban J connectivity index is 1.96. The lowest BCUT2D eigenvalue weighted by Gasteiger charge is -2.15. The van der Waals surface area contributed by atoms with Crippen LogP contribution in [0.2, 0.25) is 0 Å². The van der Waals surface area contributed by atoms with Gasteiger partial charge in [-0.05, 0) is 38.5 Å². The first kappa shape index (κ1) is 17.8. The Bertz CT molecular complexity index is 1070. The van der Waals surface area contributed by atoms with Crippen LogP contribution >= 0.6 is 11.3 Å². The molecule has 1 atom stereocenters. The van der Waals surface area contributed by atoms with Gasteiger partial charge in [0.25, 0.3) is 11.5 Å². The number of carbonyl (C=O) groups excluding carboxylic acids is 2. The number of carbonyl (C=O) groups is 2. The average molecular weight is 370 g/mol. The molecule has 0 bridgehead atoms. The zero-order valence-electron chi connectivity index (χ0n) is 14.6. The fraction of sp³-hybridized carbons (Fsp3) is 0.222. The summed E-state index contributed by atoms with van der Waals surface area (Å²) in [4.78, 5) is 41.8. The van der Waals surface area contributed by atoms with Gasteiger partial charge in [-0.3, -0.25) is 19.0 Å². The molecule has 2 aromatic heterocycles. The van der Waals surface area contributed by atoms with E-state index in [0.717, 1.165) is 16.9 Å². The molecule has 3 rings (SSSR count). The number of benzene rings is 1. The maximum Gasteiger partial charge on any atom is 0.263 e. The highest BCUT2D eigenvalue weighted by atomic mass is 32.1. The molecule has 0 saturated heterocycles. The summed E-state index contributed by atoms with van der Waals surface area (Å²) in [6, 6.07) is 6.61. The molecular weight excluding hydrogens is 352 g/mol. The number of aryl methyl sites for hydroxylation is 2. The predicted molar refractivity (Wildman–Crippen MR) is 102 cm³/mol. The van der Waals surface area contributed by atoms with Gasteiger partial charge in [-0.1, -0.05) is 17.7 Å². The van der Waals surface area contributed by atoms with Gasteiger partial charge < -0.3 is 11.1 Å². The van der Waals surface area contributed by atoms with Crippen molar-refractivity contribution >= 4 is 39.1 Å². The van der Waals surface area contributed by atoms with E-state index in [1.54, 1.807) is 26.0 Å². The first-order valence-corrected chi connectivity index (χ1v) is 8.78. The summed E-state index contributed by atoms with van der Waals surface area (Å²) in [7, 11) is 0. The Labute approximate surface area is 153 Å². The minimum absolute atomic E-state index is 0.305. The number of aromatic nitrogens is 2. The summed E-state index contributed by atoms with van der Waals surface area (Å²) in [5, 5.41) is 3.10. The van der Waals surface area contributed by atoms with Crippen LogP contribution < -0.4 is 16.6 Å². The van der Waals surface area contributed by atoms with E-state index in [9.17, 15) is 14.4 Å². The molecular formula is C18H18N4O3S. The molecule has 26 heavy (non-hydrogen) atoms. The van der Waals surface area contributed by atoms with Gasteiger partial charge in [0.15, 0.2) is 0 Å². The Morgan fingerprint density at radius 1 is 1.23 bits per heavy atom. The van der Waals surface area contributed by atoms with Crippen molar-refractivity contribution in [1.82, 2.24) is 9.55 Å². The van der Waals surface area contributed by atoms with Gasteiger partial charge in [0.2, 0.25) is 5.91 Å². The third kappa shape index (κ3) is 3.11. The van der Waals surface area contributed by atoms with Crippen molar-refractivity contribution in [2.24, 2.45) is 5.73 Å². The van der Waals surface area contributed by atoms with E-state index < -0.39 is 11.9 Å². The van der Waals surface area contributed by atoms with Crippen LogP contribution in [0.15, 0.2) is 35.4 Å². The van der Waals surface area contributed by atoms with Crippen molar-refractivity contribution in [3.63, 3.8) is 0 Å². The van der Waals surface area contributed by atoms with E-state index in [4.69, 9.17) is 5.73 Å². The van der Waals surface area contributed by atoms with Crippen LogP contribution in [0.4, 0.5) is 5.69 Å². The van der Waals surface area contributed by atoms with Crippen molar-refractivity contribution in [3.05, 3.63) is 57.0 Å². The molecule has 134 valence electrons. The third-order valence-corrected chi connectivity index (χ3v) is 5.43. The van der Waals surface area contributed by atoms with Crippen molar-refractivity contribution in [2.45, 2.75) is 26.8 Å². The number of anilines is 1. The normalized spacial score (nSPS) is 12.1. The number of thiophene rings is 1. The lowest BCUT2D eigenvalue weighted by Crippen LogP contribution is -2.31. The summed E-state index contributed by atoms with van der Waals surface area (Å²) in [5.74, 6) is -0.929. The van der Waals surface area contributed by atoms with Crippen LogP contribution in [0.1, 0.15) is 33.8 Å². The third-order valence-electron chi connectivity index (χ3n) is 4.22. The van der Waals surface area contributed by atoms with Crippen LogP contribution in [0.3, 0.4) is 0 Å². The molecule has 3 aromatic rings. The van der Waals surface area contributed by atoms with E-state index in [0.29, 0.717) is 26.3 Å². The second kappa shape index (κ2) is 6.72. The summed E-state index contributed by atoms with van der Waals surface area (Å²) >= 11 is 1.08. The largest absolute Gasteiger partial charge is 0.365 e. The maximum atomic E-state index is 12.8. The Morgan fingerprint density at radius 3 is 2.50 bits per heavy atom. The van der Waals surface area contributed by atoms with Gasteiger partial charge in [-0.25, -0.2) is 4.98 Å². The molecule has 8 heteroatoms. The molecule has 7 nitrogen and oxygen atoms in total. The minimum atomic E-state index is -0.767. The fourth-order valence-electron chi connectivity index (χ4n) is 2.66. The monoisotopic (exact) mass is 370 g/mol. The molecule has 0 radical (unpaired) electrons. The molecule has 0 spiro atoms. The molecule has 1 aromatic carbocycles. The van der Waals surface area contributed by atoms with Gasteiger partial charge in [0, 0.05) is 5.69 Å². The maximum absolute atomic E-state index is 12.8. The summed E-state index contributed by atoms with van der Waals surface area (Å²) < 4.78 is 1.26. The van der Waals surface area contributed by atoms with Crippen LogP contribution in [-0.4, -0.2) is 21.4 Å². The first-order chi connectivity index (χ1) is 12.3. The second-order valence-corrected chi connectivity index (χ2v) is 7.09. The van der Waals surface area contributed by atoms with E-state index in [1.165, 1.54) is 10.9 Å². The van der Waals surface area contributed by atoms with E-state index >= 15 is 0 Å². The molecule has 0 unspecified atom stereocenters. The van der Waals surface area contributed by atoms with E-state index in [1.807, 2.05) is 19.1 Å². The number of hydrogen-bond donors (Lipinski definition) is 2. The average Bonchev–Trinajstić information content (AvgIpc) is 2.94. The molecule has 2 heterocycles. The quantitative estimate of drug-likeness (QED) is 0.735. The van der Waals surface area contributed by atoms with Gasteiger partial charge >= 0.3 is 0 Å². The molecule has 0 aliphatic carbocycles. The van der Waals surface area contributed by atoms with Crippen LogP contribution in [-0.2, 0) is 4.79 Å². The van der Waals surface area contributed by atoms with Gasteiger partial charge in [0.05, 0.1) is 16.6 Å². The molecule has 0 aliphatic heterocycles. The van der Waals surface area contributed by atoms with E-state index in [-0.39, 0.29) is 11.5 Å². The van der Waals surface area contributed by atoms with Gasteiger partial charge in [-0.2, -0.15) is 0 Å². The highest BCUT2D eigenvalue weighted by Crippen LogP contribution is 2.26. The smallest absolute Gasteiger partial charge is 0.263 e. The topological polar surface area (TPSA) is 107 Å². The number of fused-ring (bicyclic) bond motifs is 1. The molecule has 0 fully saturated rings. The van der Waals surface area contributed by atoms with Crippen molar-refractivity contribution in [3.8, 4) is 0 Å². The molecule has 0 saturated carbocycles. The standard InChI is InChI=1S/C18H18N4O3S/c1-9-4-6-12(7-5-9)21-16(24)11(3)22-8-20-17-13(18(22)25)10(2)14(26-17)15(19)23/h4-8,11H,1-3H3,(H2,19,23)(H,21,24)/t11-/m0/s1. The lowest BCUT2D eigenvalue weighted by molar-refractivity contribution is -0.118. The van der Waals surface area contributed by atoms with Crippen LogP contribution in [0, 0.1) is 13.8 Å². The van der Waals surface area contributed by atoms with Crippen LogP contribution in [0.5, 0.6) is 0 Å². The highest BCUT2D eigenvalue weighted by Gasteiger charge is 2.22. The predicted octanol–water partition coefficient (Wildman–Crippen LogP) is 2.37. The summed E-state index contributed by atoms with van der Waals surface area (Å²) in [6.45, 7) is 5.23. The van der Waals surface area contributed by atoms with Gasteiger partial charge in [0.1, 0.15) is 10.9 Å². The van der Waals surface area contributed by atoms with Crippen molar-refractivity contribution in [1.29, 1.82) is 0 Å². The fourth-order valence-corrected chi connectivity index (χ4v) is 3.65. The Hall–Kier alpha value is -3.00. The molecule has 3 N–H and O–H groups in total. The summed E-state index contributed by atoms with van der Waals surface area (Å²) in [6.07, 6.45) is 1.32. The van der Waals surface area contributed by atoms with Crippen molar-refractivity contribution < 1.29 is 9.59 Å². The number of primary amides is 1. The number of rotatable bonds is 4. The zero-order chi connectivity index (χ0) is 19.0.